The number of fused-ring (bicyclic) bond motifs is 3. The van der Waals surface area contributed by atoms with Gasteiger partial charge in [0.05, 0.1) is 11.3 Å². The summed E-state index contributed by atoms with van der Waals surface area (Å²) in [7, 11) is 0. The minimum atomic E-state index is -0.434. The first-order valence-corrected chi connectivity index (χ1v) is 8.66. The number of oxime groups is 1. The van der Waals surface area contributed by atoms with E-state index in [-0.39, 0.29) is 0 Å². The molecule has 0 bridgehead atoms. The fourth-order valence-electron chi connectivity index (χ4n) is 3.38. The molecule has 0 fully saturated rings. The largest absolute Gasteiger partial charge is 0.365 e. The quantitative estimate of drug-likeness (QED) is 0.294. The Morgan fingerprint density at radius 2 is 1.65 bits per heavy atom. The third-order valence-corrected chi connectivity index (χ3v) is 4.84. The SMILES string of the molecule is CC(=NOC(=O)c1ccccc1C)c1ccc2c(c1)Cc1ccccc1-2. The van der Waals surface area contributed by atoms with E-state index in [1.807, 2.05) is 38.1 Å². The van der Waals surface area contributed by atoms with Crippen LogP contribution in [0.1, 0.15) is 39.5 Å². The Morgan fingerprint density at radius 3 is 2.50 bits per heavy atom. The van der Waals surface area contributed by atoms with E-state index in [9.17, 15) is 4.79 Å². The standard InChI is InChI=1S/C23H19NO2/c1-15-7-3-5-9-20(15)23(25)26-24-16(2)17-11-12-22-19(13-17)14-18-8-4-6-10-21(18)22/h3-13H,14H2,1-2H3. The summed E-state index contributed by atoms with van der Waals surface area (Å²) in [5.74, 6) is -0.434. The third kappa shape index (κ3) is 2.92. The number of benzene rings is 3. The van der Waals surface area contributed by atoms with E-state index in [0.717, 1.165) is 17.5 Å². The van der Waals surface area contributed by atoms with Gasteiger partial charge < -0.3 is 4.84 Å². The first-order valence-electron chi connectivity index (χ1n) is 8.66. The van der Waals surface area contributed by atoms with Crippen LogP contribution in [0, 0.1) is 6.92 Å². The van der Waals surface area contributed by atoms with Crippen molar-refractivity contribution >= 4 is 11.7 Å². The molecule has 1 aliphatic carbocycles. The predicted molar refractivity (Wildman–Crippen MR) is 103 cm³/mol. The van der Waals surface area contributed by atoms with Crippen molar-refractivity contribution in [1.29, 1.82) is 0 Å². The lowest BCUT2D eigenvalue weighted by molar-refractivity contribution is 0.0515. The number of hydrogen-bond acceptors (Lipinski definition) is 3. The van der Waals surface area contributed by atoms with Crippen LogP contribution in [0.5, 0.6) is 0 Å². The molecule has 0 aliphatic heterocycles. The summed E-state index contributed by atoms with van der Waals surface area (Å²) in [4.78, 5) is 17.4. The molecule has 0 aromatic heterocycles. The molecule has 0 spiro atoms. The predicted octanol–water partition coefficient (Wildman–Crippen LogP) is 5.15. The average molecular weight is 341 g/mol. The number of carbonyl (C=O) groups is 1. The Balaban J connectivity index is 1.55. The molecule has 0 amide bonds. The Hall–Kier alpha value is -3.20. The van der Waals surface area contributed by atoms with E-state index in [0.29, 0.717) is 11.3 Å². The fourth-order valence-corrected chi connectivity index (χ4v) is 3.38. The van der Waals surface area contributed by atoms with Crippen LogP contribution in [0.2, 0.25) is 0 Å². The van der Waals surface area contributed by atoms with Crippen molar-refractivity contribution in [2.75, 3.05) is 0 Å². The molecule has 0 heterocycles. The lowest BCUT2D eigenvalue weighted by atomic mass is 10.0. The maximum Gasteiger partial charge on any atom is 0.365 e. The van der Waals surface area contributed by atoms with Crippen LogP contribution in [-0.2, 0) is 11.3 Å². The van der Waals surface area contributed by atoms with Crippen LogP contribution >= 0.6 is 0 Å². The normalized spacial score (nSPS) is 12.5. The molecule has 0 atom stereocenters. The van der Waals surface area contributed by atoms with Crippen LogP contribution in [0.15, 0.2) is 71.9 Å². The lowest BCUT2D eigenvalue weighted by Crippen LogP contribution is -2.05. The Morgan fingerprint density at radius 1 is 0.923 bits per heavy atom. The lowest BCUT2D eigenvalue weighted by Gasteiger charge is -2.06. The highest BCUT2D eigenvalue weighted by Crippen LogP contribution is 2.36. The second kappa shape index (κ2) is 6.60. The maximum absolute atomic E-state index is 12.2. The van der Waals surface area contributed by atoms with Gasteiger partial charge in [0.2, 0.25) is 0 Å². The van der Waals surface area contributed by atoms with Gasteiger partial charge in [0, 0.05) is 0 Å². The number of hydrogen-bond donors (Lipinski definition) is 0. The number of nitrogens with zero attached hydrogens (tertiary/aromatic N) is 1. The molecule has 26 heavy (non-hydrogen) atoms. The van der Waals surface area contributed by atoms with Crippen molar-refractivity contribution in [2.45, 2.75) is 20.3 Å². The highest BCUT2D eigenvalue weighted by molar-refractivity contribution is 6.00. The summed E-state index contributed by atoms with van der Waals surface area (Å²) in [6.45, 7) is 3.74. The minimum absolute atomic E-state index is 0.434. The van der Waals surface area contributed by atoms with Crippen LogP contribution in [-0.4, -0.2) is 11.7 Å². The summed E-state index contributed by atoms with van der Waals surface area (Å²) in [6, 6.07) is 22.1. The molecule has 0 saturated heterocycles. The molecule has 0 unspecified atom stereocenters. The molecule has 3 aromatic carbocycles. The molecule has 3 aromatic rings. The van der Waals surface area contributed by atoms with Gasteiger partial charge in [-0.05, 0) is 65.8 Å². The zero-order valence-corrected chi connectivity index (χ0v) is 14.8. The summed E-state index contributed by atoms with van der Waals surface area (Å²) in [6.07, 6.45) is 0.926. The smallest absolute Gasteiger partial charge is 0.313 e. The van der Waals surface area contributed by atoms with E-state index < -0.39 is 5.97 Å². The molecule has 0 saturated carbocycles. The molecule has 3 heteroatoms. The van der Waals surface area contributed by atoms with E-state index in [1.165, 1.54) is 22.3 Å². The van der Waals surface area contributed by atoms with E-state index in [4.69, 9.17) is 4.84 Å². The van der Waals surface area contributed by atoms with Gasteiger partial charge in [-0.1, -0.05) is 59.8 Å². The van der Waals surface area contributed by atoms with Crippen LogP contribution in [0.3, 0.4) is 0 Å². The number of carbonyl (C=O) groups excluding carboxylic acids is 1. The van der Waals surface area contributed by atoms with Crippen molar-refractivity contribution in [3.8, 4) is 11.1 Å². The van der Waals surface area contributed by atoms with Gasteiger partial charge in [-0.15, -0.1) is 0 Å². The first kappa shape index (κ1) is 16.3. The fraction of sp³-hybridized carbons (Fsp3) is 0.130. The highest BCUT2D eigenvalue weighted by atomic mass is 16.7. The maximum atomic E-state index is 12.2. The van der Waals surface area contributed by atoms with Gasteiger partial charge in [0.15, 0.2) is 0 Å². The Kier molecular flexibility index (Phi) is 4.13. The van der Waals surface area contributed by atoms with Crippen molar-refractivity contribution in [3.63, 3.8) is 0 Å². The summed E-state index contributed by atoms with van der Waals surface area (Å²) in [5, 5.41) is 4.05. The van der Waals surface area contributed by atoms with E-state index >= 15 is 0 Å². The Labute approximate surface area is 152 Å². The topological polar surface area (TPSA) is 38.7 Å². The molecule has 3 nitrogen and oxygen atoms in total. The second-order valence-corrected chi connectivity index (χ2v) is 6.58. The Bertz CT molecular complexity index is 1030. The number of rotatable bonds is 3. The first-order chi connectivity index (χ1) is 12.6. The molecular weight excluding hydrogens is 322 g/mol. The zero-order chi connectivity index (χ0) is 18.1. The van der Waals surface area contributed by atoms with Crippen molar-refractivity contribution < 1.29 is 9.63 Å². The molecular formula is C23H19NO2. The second-order valence-electron chi connectivity index (χ2n) is 6.58. The van der Waals surface area contributed by atoms with Crippen LogP contribution < -0.4 is 0 Å². The molecule has 0 N–H and O–H groups in total. The number of aryl methyl sites for hydroxylation is 1. The van der Waals surface area contributed by atoms with Crippen LogP contribution in [0.4, 0.5) is 0 Å². The van der Waals surface area contributed by atoms with Gasteiger partial charge in [-0.2, -0.15) is 0 Å². The highest BCUT2D eigenvalue weighted by Gasteiger charge is 2.18. The van der Waals surface area contributed by atoms with Crippen molar-refractivity contribution in [1.82, 2.24) is 0 Å². The molecule has 0 radical (unpaired) electrons. The molecule has 4 rings (SSSR count). The van der Waals surface area contributed by atoms with Gasteiger partial charge in [-0.25, -0.2) is 4.79 Å². The van der Waals surface area contributed by atoms with Gasteiger partial charge in [0.25, 0.3) is 0 Å². The third-order valence-electron chi connectivity index (χ3n) is 4.84. The zero-order valence-electron chi connectivity index (χ0n) is 14.8. The van der Waals surface area contributed by atoms with E-state index in [1.54, 1.807) is 6.07 Å². The molecule has 128 valence electrons. The van der Waals surface area contributed by atoms with Gasteiger partial charge in [0.1, 0.15) is 0 Å². The van der Waals surface area contributed by atoms with Crippen molar-refractivity contribution in [3.05, 3.63) is 94.5 Å². The summed E-state index contributed by atoms with van der Waals surface area (Å²) < 4.78 is 0. The van der Waals surface area contributed by atoms with Crippen molar-refractivity contribution in [2.24, 2.45) is 5.16 Å². The summed E-state index contributed by atoms with van der Waals surface area (Å²) in [5.41, 5.74) is 8.27. The average Bonchev–Trinajstić information content (AvgIpc) is 3.04. The molecule has 1 aliphatic rings. The van der Waals surface area contributed by atoms with Crippen LogP contribution in [0.25, 0.3) is 11.1 Å². The summed E-state index contributed by atoms with van der Waals surface area (Å²) >= 11 is 0. The van der Waals surface area contributed by atoms with E-state index in [2.05, 4.69) is 41.6 Å². The van der Waals surface area contributed by atoms with Gasteiger partial charge in [-0.3, -0.25) is 0 Å². The van der Waals surface area contributed by atoms with Gasteiger partial charge >= 0.3 is 5.97 Å². The monoisotopic (exact) mass is 341 g/mol. The minimum Gasteiger partial charge on any atom is -0.313 e.